The van der Waals surface area contributed by atoms with Gasteiger partial charge >= 0.3 is 0 Å². The molecule has 6 heteroatoms. The van der Waals surface area contributed by atoms with Gasteiger partial charge in [-0.15, -0.1) is 0 Å². The van der Waals surface area contributed by atoms with Crippen LogP contribution in [-0.2, 0) is 0 Å². The van der Waals surface area contributed by atoms with Gasteiger partial charge in [0.15, 0.2) is 0 Å². The maximum atomic E-state index is 13.0. The molecule has 1 aliphatic heterocycles. The molecule has 0 fully saturated rings. The third-order valence-corrected chi connectivity index (χ3v) is 4.85. The van der Waals surface area contributed by atoms with Crippen LogP contribution in [0.2, 0.25) is 0 Å². The molecule has 0 unspecified atom stereocenters. The summed E-state index contributed by atoms with van der Waals surface area (Å²) in [5, 5.41) is 22.0. The van der Waals surface area contributed by atoms with Crippen LogP contribution >= 0.6 is 0 Å². The van der Waals surface area contributed by atoms with Crippen molar-refractivity contribution in [3.8, 4) is 11.5 Å². The minimum absolute atomic E-state index is 0.199. The number of hydrogen-bond acceptors (Lipinski definition) is 5. The highest BCUT2D eigenvalue weighted by atomic mass is 16.5. The molecule has 1 aromatic heterocycles. The van der Waals surface area contributed by atoms with Crippen LogP contribution in [0.1, 0.15) is 25.5 Å². The van der Waals surface area contributed by atoms with Crippen molar-refractivity contribution in [1.82, 2.24) is 4.98 Å². The number of aromatic amines is 1. The number of methoxy groups -OCH3 is 1. The molecular formula is C19H19NO5. The van der Waals surface area contributed by atoms with Crippen molar-refractivity contribution in [3.05, 3.63) is 46.1 Å². The van der Waals surface area contributed by atoms with Crippen LogP contribution in [0, 0.1) is 0 Å². The lowest BCUT2D eigenvalue weighted by Gasteiger charge is -2.40. The van der Waals surface area contributed by atoms with Crippen LogP contribution in [0.15, 0.2) is 35.1 Å². The number of para-hydroxylation sites is 1. The molecule has 4 rings (SSSR count). The molecule has 25 heavy (non-hydrogen) atoms. The molecule has 0 saturated carbocycles. The molecule has 0 aliphatic carbocycles. The molecule has 0 amide bonds. The molecule has 2 heterocycles. The largest absolute Gasteiger partial charge is 0.496 e. The third-order valence-electron chi connectivity index (χ3n) is 4.85. The fourth-order valence-electron chi connectivity index (χ4n) is 3.49. The molecule has 2 aromatic carbocycles. The molecule has 2 atom stereocenters. The Morgan fingerprint density at radius 2 is 1.96 bits per heavy atom. The second kappa shape index (κ2) is 5.21. The Morgan fingerprint density at radius 1 is 1.24 bits per heavy atom. The number of aromatic nitrogens is 1. The van der Waals surface area contributed by atoms with E-state index in [1.807, 2.05) is 6.07 Å². The van der Waals surface area contributed by atoms with Crippen LogP contribution in [0.25, 0.3) is 21.8 Å². The predicted molar refractivity (Wildman–Crippen MR) is 94.3 cm³/mol. The second-order valence-electron chi connectivity index (χ2n) is 6.84. The molecule has 0 bridgehead atoms. The minimum Gasteiger partial charge on any atom is -0.496 e. The van der Waals surface area contributed by atoms with Gasteiger partial charge in [-0.1, -0.05) is 12.1 Å². The lowest BCUT2D eigenvalue weighted by Crippen LogP contribution is -2.48. The maximum Gasteiger partial charge on any atom is 0.200 e. The Hall–Kier alpha value is -2.57. The first-order valence-electron chi connectivity index (χ1n) is 8.06. The van der Waals surface area contributed by atoms with E-state index in [1.165, 1.54) is 7.11 Å². The van der Waals surface area contributed by atoms with E-state index in [0.29, 0.717) is 38.9 Å². The van der Waals surface area contributed by atoms with Crippen LogP contribution in [0.4, 0.5) is 0 Å². The average Bonchev–Trinajstić information content (AvgIpc) is 2.58. The van der Waals surface area contributed by atoms with Crippen LogP contribution in [0.3, 0.4) is 0 Å². The molecule has 0 saturated heterocycles. The van der Waals surface area contributed by atoms with E-state index < -0.39 is 17.8 Å². The number of rotatable bonds is 1. The Bertz CT molecular complexity index is 1050. The zero-order chi connectivity index (χ0) is 17.9. The van der Waals surface area contributed by atoms with Crippen LogP contribution in [-0.4, -0.2) is 34.0 Å². The molecule has 1 aliphatic rings. The van der Waals surface area contributed by atoms with E-state index >= 15 is 0 Å². The van der Waals surface area contributed by atoms with Gasteiger partial charge in [0.25, 0.3) is 0 Å². The molecule has 0 radical (unpaired) electrons. The Labute approximate surface area is 143 Å². The number of hydrogen-bond donors (Lipinski definition) is 3. The number of pyridine rings is 1. The van der Waals surface area contributed by atoms with Crippen molar-refractivity contribution >= 4 is 21.8 Å². The van der Waals surface area contributed by atoms with Crippen molar-refractivity contribution in [1.29, 1.82) is 0 Å². The SMILES string of the molecule is COc1cc2c(c3[nH]c4ccccc4c(=O)c13)[C@H](O)[C@@H](O)C(C)(C)O2. The van der Waals surface area contributed by atoms with Gasteiger partial charge in [0.2, 0.25) is 5.43 Å². The summed E-state index contributed by atoms with van der Waals surface area (Å²) in [6.07, 6.45) is -2.32. The van der Waals surface area contributed by atoms with E-state index in [0.717, 1.165) is 0 Å². The Kier molecular flexibility index (Phi) is 3.32. The van der Waals surface area contributed by atoms with Gasteiger partial charge in [0.1, 0.15) is 29.3 Å². The van der Waals surface area contributed by atoms with Crippen LogP contribution in [0.5, 0.6) is 11.5 Å². The molecule has 130 valence electrons. The highest BCUT2D eigenvalue weighted by Crippen LogP contribution is 2.45. The summed E-state index contributed by atoms with van der Waals surface area (Å²) >= 11 is 0. The van der Waals surface area contributed by atoms with Gasteiger partial charge in [0, 0.05) is 22.5 Å². The summed E-state index contributed by atoms with van der Waals surface area (Å²) in [4.78, 5) is 16.2. The highest BCUT2D eigenvalue weighted by Gasteiger charge is 2.43. The van der Waals surface area contributed by atoms with Gasteiger partial charge in [-0.3, -0.25) is 4.79 Å². The third kappa shape index (κ3) is 2.14. The quantitative estimate of drug-likeness (QED) is 0.591. The smallest absolute Gasteiger partial charge is 0.200 e. The van der Waals surface area contributed by atoms with E-state index in [9.17, 15) is 15.0 Å². The summed E-state index contributed by atoms with van der Waals surface area (Å²) < 4.78 is 11.3. The fraction of sp³-hybridized carbons (Fsp3) is 0.316. The van der Waals surface area contributed by atoms with Crippen LogP contribution < -0.4 is 14.9 Å². The lowest BCUT2D eigenvalue weighted by atomic mass is 9.87. The second-order valence-corrected chi connectivity index (χ2v) is 6.84. The topological polar surface area (TPSA) is 91.8 Å². The van der Waals surface area contributed by atoms with E-state index in [-0.39, 0.29) is 5.43 Å². The Balaban J connectivity index is 2.19. The summed E-state index contributed by atoms with van der Waals surface area (Å²) in [7, 11) is 1.48. The Morgan fingerprint density at radius 3 is 2.68 bits per heavy atom. The summed E-state index contributed by atoms with van der Waals surface area (Å²) in [5.74, 6) is 0.748. The van der Waals surface area contributed by atoms with Crippen molar-refractivity contribution in [2.24, 2.45) is 0 Å². The van der Waals surface area contributed by atoms with E-state index in [4.69, 9.17) is 9.47 Å². The first-order chi connectivity index (χ1) is 11.8. The van der Waals surface area contributed by atoms with Gasteiger partial charge in [-0.25, -0.2) is 0 Å². The van der Waals surface area contributed by atoms with Crippen molar-refractivity contribution in [2.75, 3.05) is 7.11 Å². The summed E-state index contributed by atoms with van der Waals surface area (Å²) in [6, 6.07) is 8.73. The number of benzene rings is 2. The molecular weight excluding hydrogens is 322 g/mol. The number of fused-ring (bicyclic) bond motifs is 4. The number of ether oxygens (including phenoxy) is 2. The van der Waals surface area contributed by atoms with E-state index in [2.05, 4.69) is 4.98 Å². The lowest BCUT2D eigenvalue weighted by molar-refractivity contribution is -0.111. The number of H-pyrrole nitrogens is 1. The first kappa shape index (κ1) is 15.9. The predicted octanol–water partition coefficient (Wildman–Crippen LogP) is 2.26. The number of aliphatic hydroxyl groups is 2. The number of nitrogens with one attached hydrogen (secondary N) is 1. The summed E-state index contributed by atoms with van der Waals surface area (Å²) in [5.41, 5.74) is 0.255. The van der Waals surface area contributed by atoms with Gasteiger partial charge in [-0.2, -0.15) is 0 Å². The van der Waals surface area contributed by atoms with Gasteiger partial charge in [-0.05, 0) is 26.0 Å². The molecule has 3 aromatic rings. The highest BCUT2D eigenvalue weighted by molar-refractivity contribution is 5.98. The summed E-state index contributed by atoms with van der Waals surface area (Å²) in [6.45, 7) is 3.40. The minimum atomic E-state index is -1.19. The van der Waals surface area contributed by atoms with Gasteiger partial charge in [0.05, 0.1) is 18.0 Å². The van der Waals surface area contributed by atoms with Crippen molar-refractivity contribution in [3.63, 3.8) is 0 Å². The van der Waals surface area contributed by atoms with Crippen molar-refractivity contribution in [2.45, 2.75) is 31.7 Å². The number of aliphatic hydroxyl groups excluding tert-OH is 2. The van der Waals surface area contributed by atoms with Crippen molar-refractivity contribution < 1.29 is 19.7 Å². The zero-order valence-corrected chi connectivity index (χ0v) is 14.2. The zero-order valence-electron chi connectivity index (χ0n) is 14.2. The average molecular weight is 341 g/mol. The molecule has 6 nitrogen and oxygen atoms in total. The standard InChI is InChI=1S/C19H19NO5/c1-19(2)18(23)17(22)14-12(25-19)8-11(24-3)13-15(14)20-10-7-5-4-6-9(10)16(13)21/h4-8,17-18,22-23H,1-3H3,(H,20,21)/t17-,18+/m0/s1. The monoisotopic (exact) mass is 341 g/mol. The van der Waals surface area contributed by atoms with E-state index in [1.54, 1.807) is 38.1 Å². The van der Waals surface area contributed by atoms with Gasteiger partial charge < -0.3 is 24.7 Å². The first-order valence-corrected chi connectivity index (χ1v) is 8.06. The maximum absolute atomic E-state index is 13.0. The fourth-order valence-corrected chi connectivity index (χ4v) is 3.49. The normalized spacial score (nSPS) is 21.8. The molecule has 0 spiro atoms. The molecule has 3 N–H and O–H groups in total.